The van der Waals surface area contributed by atoms with Crippen LogP contribution in [0.25, 0.3) is 0 Å². The smallest absolute Gasteiger partial charge is 0.205 e. The predicted octanol–water partition coefficient (Wildman–Crippen LogP) is 1.67. The summed E-state index contributed by atoms with van der Waals surface area (Å²) < 4.78 is 4.41. The van der Waals surface area contributed by atoms with Crippen LogP contribution >= 0.6 is 11.5 Å². The summed E-state index contributed by atoms with van der Waals surface area (Å²) in [6.07, 6.45) is 4.96. The lowest BCUT2D eigenvalue weighted by Crippen LogP contribution is -2.53. The van der Waals surface area contributed by atoms with Crippen molar-refractivity contribution >= 4 is 22.6 Å². The van der Waals surface area contributed by atoms with Gasteiger partial charge < -0.3 is 15.1 Å². The van der Waals surface area contributed by atoms with E-state index in [1.165, 1.54) is 37.3 Å². The van der Waals surface area contributed by atoms with Crippen LogP contribution < -0.4 is 10.2 Å². The highest BCUT2D eigenvalue weighted by Gasteiger charge is 2.22. The highest BCUT2D eigenvalue weighted by atomic mass is 32.1. The SMILES string of the molecule is CCc1nsc(N2CCN(C(=NC)NCCN3CCCCC3C)CC2)n1. The van der Waals surface area contributed by atoms with Crippen LogP contribution in [0.2, 0.25) is 0 Å². The molecule has 3 heterocycles. The van der Waals surface area contributed by atoms with E-state index in [2.05, 4.69) is 48.2 Å². The first-order chi connectivity index (χ1) is 12.7. The van der Waals surface area contributed by atoms with Crippen molar-refractivity contribution in [1.29, 1.82) is 0 Å². The van der Waals surface area contributed by atoms with Crippen molar-refractivity contribution in [2.45, 2.75) is 45.6 Å². The molecule has 1 N–H and O–H groups in total. The van der Waals surface area contributed by atoms with Gasteiger partial charge in [-0.3, -0.25) is 9.89 Å². The van der Waals surface area contributed by atoms with Crippen molar-refractivity contribution in [3.63, 3.8) is 0 Å². The van der Waals surface area contributed by atoms with E-state index in [9.17, 15) is 0 Å². The van der Waals surface area contributed by atoms with Crippen LogP contribution in [-0.4, -0.2) is 84.0 Å². The minimum Gasteiger partial charge on any atom is -0.355 e. The first-order valence-corrected chi connectivity index (χ1v) is 10.8. The molecule has 8 heteroatoms. The topological polar surface area (TPSA) is 59.9 Å². The monoisotopic (exact) mass is 379 g/mol. The Balaban J connectivity index is 1.43. The normalized spacial score (nSPS) is 22.7. The average Bonchev–Trinajstić information content (AvgIpc) is 3.16. The summed E-state index contributed by atoms with van der Waals surface area (Å²) in [7, 11) is 1.89. The molecule has 0 aromatic carbocycles. The Bertz CT molecular complexity index is 580. The van der Waals surface area contributed by atoms with E-state index in [4.69, 9.17) is 0 Å². The fourth-order valence-electron chi connectivity index (χ4n) is 3.76. The molecule has 1 aromatic rings. The van der Waals surface area contributed by atoms with Crippen molar-refractivity contribution in [3.8, 4) is 0 Å². The van der Waals surface area contributed by atoms with Crippen molar-refractivity contribution in [1.82, 2.24) is 24.5 Å². The largest absolute Gasteiger partial charge is 0.355 e. The first kappa shape index (κ1) is 19.4. The number of hydrogen-bond acceptors (Lipinski definition) is 6. The summed E-state index contributed by atoms with van der Waals surface area (Å²) in [6.45, 7) is 11.7. The second-order valence-corrected chi connectivity index (χ2v) is 7.91. The molecule has 0 amide bonds. The Labute approximate surface area is 161 Å². The second-order valence-electron chi connectivity index (χ2n) is 7.18. The maximum Gasteiger partial charge on any atom is 0.205 e. The standard InChI is InChI=1S/C18H33N7S/c1-4-16-21-18(26-22-16)25-13-11-24(12-14-25)17(19-3)20-8-10-23-9-6-5-7-15(23)2/h15H,4-14H2,1-3H3,(H,19,20). The van der Waals surface area contributed by atoms with Crippen LogP contribution in [0.5, 0.6) is 0 Å². The molecule has 0 saturated carbocycles. The van der Waals surface area contributed by atoms with Gasteiger partial charge in [0.2, 0.25) is 5.13 Å². The number of aryl methyl sites for hydroxylation is 1. The van der Waals surface area contributed by atoms with Crippen molar-refractivity contribution < 1.29 is 0 Å². The molecule has 0 radical (unpaired) electrons. The molecule has 2 fully saturated rings. The number of hydrogen-bond donors (Lipinski definition) is 1. The fourth-order valence-corrected chi connectivity index (χ4v) is 4.56. The summed E-state index contributed by atoms with van der Waals surface area (Å²) in [6, 6.07) is 0.719. The number of likely N-dealkylation sites (tertiary alicyclic amines) is 1. The maximum absolute atomic E-state index is 4.61. The third kappa shape index (κ3) is 4.85. The summed E-state index contributed by atoms with van der Waals surface area (Å²) >= 11 is 1.52. The number of nitrogens with zero attached hydrogens (tertiary/aromatic N) is 6. The minimum absolute atomic E-state index is 0.719. The number of nitrogens with one attached hydrogen (secondary N) is 1. The van der Waals surface area contributed by atoms with Crippen LogP contribution in [0.3, 0.4) is 0 Å². The number of aliphatic imine (C=N–C) groups is 1. The first-order valence-electron chi connectivity index (χ1n) is 9.98. The average molecular weight is 380 g/mol. The molecule has 0 spiro atoms. The second kappa shape index (κ2) is 9.50. The van der Waals surface area contributed by atoms with Gasteiger partial charge in [-0.15, -0.1) is 0 Å². The molecule has 2 aliphatic heterocycles. The highest BCUT2D eigenvalue weighted by molar-refractivity contribution is 7.09. The van der Waals surface area contributed by atoms with E-state index < -0.39 is 0 Å². The van der Waals surface area contributed by atoms with Crippen LogP contribution in [-0.2, 0) is 6.42 Å². The highest BCUT2D eigenvalue weighted by Crippen LogP contribution is 2.19. The lowest BCUT2D eigenvalue weighted by Gasteiger charge is -2.37. The van der Waals surface area contributed by atoms with Crippen molar-refractivity contribution in [2.24, 2.45) is 4.99 Å². The predicted molar refractivity (Wildman–Crippen MR) is 109 cm³/mol. The van der Waals surface area contributed by atoms with Gasteiger partial charge in [-0.05, 0) is 26.3 Å². The summed E-state index contributed by atoms with van der Waals surface area (Å²) in [5.41, 5.74) is 0. The molecule has 3 rings (SSSR count). The van der Waals surface area contributed by atoms with Gasteiger partial charge in [0.15, 0.2) is 5.96 Å². The van der Waals surface area contributed by atoms with E-state index in [1.807, 2.05) is 7.05 Å². The van der Waals surface area contributed by atoms with Gasteiger partial charge in [0.25, 0.3) is 0 Å². The number of guanidine groups is 1. The molecular weight excluding hydrogens is 346 g/mol. The number of piperazine rings is 1. The number of aromatic nitrogens is 2. The Hall–Kier alpha value is -1.41. The third-order valence-corrected chi connectivity index (χ3v) is 6.27. The van der Waals surface area contributed by atoms with Gasteiger partial charge in [-0.2, -0.15) is 4.37 Å². The third-order valence-electron chi connectivity index (χ3n) is 5.46. The Morgan fingerprint density at radius 3 is 2.69 bits per heavy atom. The molecule has 146 valence electrons. The van der Waals surface area contributed by atoms with Gasteiger partial charge in [0.1, 0.15) is 5.82 Å². The molecule has 1 unspecified atom stereocenters. The van der Waals surface area contributed by atoms with E-state index in [1.54, 1.807) is 0 Å². The quantitative estimate of drug-likeness (QED) is 0.620. The zero-order valence-corrected chi connectivity index (χ0v) is 17.3. The molecule has 0 bridgehead atoms. The van der Waals surface area contributed by atoms with E-state index in [0.29, 0.717) is 0 Å². The van der Waals surface area contributed by atoms with Crippen LogP contribution in [0.15, 0.2) is 4.99 Å². The maximum atomic E-state index is 4.61. The van der Waals surface area contributed by atoms with Gasteiger partial charge in [0, 0.05) is 70.3 Å². The van der Waals surface area contributed by atoms with Gasteiger partial charge in [-0.25, -0.2) is 4.98 Å². The lowest BCUT2D eigenvalue weighted by atomic mass is 10.0. The molecule has 2 saturated heterocycles. The molecule has 2 aliphatic rings. The lowest BCUT2D eigenvalue weighted by molar-refractivity contribution is 0.163. The summed E-state index contributed by atoms with van der Waals surface area (Å²) in [5, 5.41) is 4.62. The van der Waals surface area contributed by atoms with Crippen LogP contribution in [0.4, 0.5) is 5.13 Å². The van der Waals surface area contributed by atoms with E-state index in [0.717, 1.165) is 68.6 Å². The van der Waals surface area contributed by atoms with Gasteiger partial charge in [-0.1, -0.05) is 13.3 Å². The zero-order valence-electron chi connectivity index (χ0n) is 16.4. The zero-order chi connectivity index (χ0) is 18.4. The minimum atomic E-state index is 0.719. The van der Waals surface area contributed by atoms with Gasteiger partial charge in [0.05, 0.1) is 0 Å². The van der Waals surface area contributed by atoms with Crippen LogP contribution in [0, 0.1) is 0 Å². The van der Waals surface area contributed by atoms with Crippen LogP contribution in [0.1, 0.15) is 38.9 Å². The Morgan fingerprint density at radius 2 is 2.04 bits per heavy atom. The molecule has 1 atom stereocenters. The van der Waals surface area contributed by atoms with Gasteiger partial charge >= 0.3 is 0 Å². The van der Waals surface area contributed by atoms with Crippen molar-refractivity contribution in [3.05, 3.63) is 5.82 Å². The number of anilines is 1. The molecule has 7 nitrogen and oxygen atoms in total. The number of rotatable bonds is 5. The molecule has 0 aliphatic carbocycles. The van der Waals surface area contributed by atoms with E-state index >= 15 is 0 Å². The Morgan fingerprint density at radius 1 is 1.23 bits per heavy atom. The molecule has 26 heavy (non-hydrogen) atoms. The number of piperidine rings is 1. The summed E-state index contributed by atoms with van der Waals surface area (Å²) in [4.78, 5) is 16.4. The fraction of sp³-hybridized carbons (Fsp3) is 0.833. The summed E-state index contributed by atoms with van der Waals surface area (Å²) in [5.74, 6) is 1.98. The Kier molecular flexibility index (Phi) is 7.07. The van der Waals surface area contributed by atoms with Crippen molar-refractivity contribution in [2.75, 3.05) is 57.8 Å². The van der Waals surface area contributed by atoms with E-state index in [-0.39, 0.29) is 0 Å². The molecule has 1 aromatic heterocycles. The molecular formula is C18H33N7S.